The van der Waals surface area contributed by atoms with E-state index in [1.54, 1.807) is 30.3 Å². The standard InChI is InChI=1S/C26H19Cl2FN2O5S/c1-35-21-10-15(9-20(28)24(21)36-14-23(32)30-18-5-3-2-4-6-18)11-22-25(33)31(26(34)37-22)13-16-7-8-17(29)12-19(16)27/h2-12H,13-14H2,1H3,(H,30,32)/b22-11-. The smallest absolute Gasteiger partial charge is 0.293 e. The van der Waals surface area contributed by atoms with E-state index in [2.05, 4.69) is 5.32 Å². The number of benzene rings is 3. The van der Waals surface area contributed by atoms with E-state index in [-0.39, 0.29) is 45.5 Å². The predicted molar refractivity (Wildman–Crippen MR) is 141 cm³/mol. The van der Waals surface area contributed by atoms with Crippen LogP contribution in [0.4, 0.5) is 14.9 Å². The fraction of sp³-hybridized carbons (Fsp3) is 0.115. The molecule has 0 bridgehead atoms. The minimum atomic E-state index is -0.525. The lowest BCUT2D eigenvalue weighted by molar-refractivity contribution is -0.123. The predicted octanol–water partition coefficient (Wildman–Crippen LogP) is 6.40. The molecule has 7 nitrogen and oxygen atoms in total. The highest BCUT2D eigenvalue weighted by atomic mass is 35.5. The van der Waals surface area contributed by atoms with Gasteiger partial charge in [0.15, 0.2) is 18.1 Å². The highest BCUT2D eigenvalue weighted by Gasteiger charge is 2.35. The van der Waals surface area contributed by atoms with Gasteiger partial charge >= 0.3 is 0 Å². The molecule has 1 aliphatic rings. The zero-order chi connectivity index (χ0) is 26.5. The quantitative estimate of drug-likeness (QED) is 0.321. The second-order valence-electron chi connectivity index (χ2n) is 7.74. The summed E-state index contributed by atoms with van der Waals surface area (Å²) < 4.78 is 24.3. The fourth-order valence-electron chi connectivity index (χ4n) is 3.43. The van der Waals surface area contributed by atoms with E-state index in [0.717, 1.165) is 22.7 Å². The molecule has 1 saturated heterocycles. The van der Waals surface area contributed by atoms with Crippen molar-refractivity contribution in [1.82, 2.24) is 4.90 Å². The molecule has 0 unspecified atom stereocenters. The van der Waals surface area contributed by atoms with E-state index in [4.69, 9.17) is 32.7 Å². The van der Waals surface area contributed by atoms with Crippen LogP contribution >= 0.6 is 35.0 Å². The lowest BCUT2D eigenvalue weighted by atomic mass is 10.1. The van der Waals surface area contributed by atoms with Gasteiger partial charge in [0.1, 0.15) is 5.82 Å². The van der Waals surface area contributed by atoms with Gasteiger partial charge in [-0.2, -0.15) is 0 Å². The number of nitrogens with zero attached hydrogens (tertiary/aromatic N) is 1. The van der Waals surface area contributed by atoms with E-state index < -0.39 is 17.0 Å². The number of carbonyl (C=O) groups is 3. The third-order valence-corrected chi connectivity index (χ3v) is 6.71. The van der Waals surface area contributed by atoms with Crippen LogP contribution < -0.4 is 14.8 Å². The number of nitrogens with one attached hydrogen (secondary N) is 1. The van der Waals surface area contributed by atoms with Crippen molar-refractivity contribution in [3.63, 3.8) is 0 Å². The number of amides is 3. The Morgan fingerprint density at radius 2 is 1.84 bits per heavy atom. The van der Waals surface area contributed by atoms with Gasteiger partial charge in [-0.05, 0) is 65.4 Å². The number of hydrogen-bond acceptors (Lipinski definition) is 6. The van der Waals surface area contributed by atoms with Gasteiger partial charge in [-0.15, -0.1) is 0 Å². The van der Waals surface area contributed by atoms with Gasteiger partial charge in [-0.25, -0.2) is 4.39 Å². The van der Waals surface area contributed by atoms with Crippen LogP contribution in [0.1, 0.15) is 11.1 Å². The van der Waals surface area contributed by atoms with E-state index >= 15 is 0 Å². The van der Waals surface area contributed by atoms with Crippen molar-refractivity contribution in [1.29, 1.82) is 0 Å². The molecule has 0 spiro atoms. The summed E-state index contributed by atoms with van der Waals surface area (Å²) >= 11 is 13.2. The van der Waals surface area contributed by atoms with E-state index in [1.165, 1.54) is 31.4 Å². The van der Waals surface area contributed by atoms with Crippen LogP contribution in [0.5, 0.6) is 11.5 Å². The zero-order valence-corrected chi connectivity index (χ0v) is 21.6. The molecular formula is C26H19Cl2FN2O5S. The number of halogens is 3. The van der Waals surface area contributed by atoms with Crippen molar-refractivity contribution >= 4 is 63.8 Å². The molecular weight excluding hydrogens is 542 g/mol. The SMILES string of the molecule is COc1cc(/C=C2\SC(=O)N(Cc3ccc(F)cc3Cl)C2=O)cc(Cl)c1OCC(=O)Nc1ccccc1. The lowest BCUT2D eigenvalue weighted by Crippen LogP contribution is -2.27. The first kappa shape index (κ1) is 26.5. The summed E-state index contributed by atoms with van der Waals surface area (Å²) in [6.07, 6.45) is 1.50. The number of hydrogen-bond donors (Lipinski definition) is 1. The van der Waals surface area contributed by atoms with Crippen molar-refractivity contribution in [3.8, 4) is 11.5 Å². The maximum atomic E-state index is 13.3. The van der Waals surface area contributed by atoms with Crippen LogP contribution in [-0.4, -0.2) is 35.7 Å². The molecule has 0 saturated carbocycles. The first-order chi connectivity index (χ1) is 17.7. The van der Waals surface area contributed by atoms with Gasteiger partial charge in [-0.3, -0.25) is 19.3 Å². The Hall–Kier alpha value is -3.53. The van der Waals surface area contributed by atoms with E-state index in [1.807, 2.05) is 6.07 Å². The monoisotopic (exact) mass is 560 g/mol. The summed E-state index contributed by atoms with van der Waals surface area (Å²) in [5.41, 5.74) is 1.54. The van der Waals surface area contributed by atoms with Crippen molar-refractivity contribution < 1.29 is 28.2 Å². The van der Waals surface area contributed by atoms with Crippen molar-refractivity contribution in [2.24, 2.45) is 0 Å². The highest BCUT2D eigenvalue weighted by Crippen LogP contribution is 2.39. The molecule has 1 N–H and O–H groups in total. The third kappa shape index (κ3) is 6.43. The third-order valence-electron chi connectivity index (χ3n) is 5.17. The number of ether oxygens (including phenoxy) is 2. The van der Waals surface area contributed by atoms with Crippen molar-refractivity contribution in [2.45, 2.75) is 6.54 Å². The molecule has 1 heterocycles. The highest BCUT2D eigenvalue weighted by molar-refractivity contribution is 8.18. The molecule has 0 atom stereocenters. The summed E-state index contributed by atoms with van der Waals surface area (Å²) in [7, 11) is 1.41. The first-order valence-corrected chi connectivity index (χ1v) is 12.4. The van der Waals surface area contributed by atoms with Gasteiger partial charge in [0.25, 0.3) is 17.1 Å². The van der Waals surface area contributed by atoms with Crippen LogP contribution in [0.15, 0.2) is 65.6 Å². The van der Waals surface area contributed by atoms with Crippen LogP contribution in [0.25, 0.3) is 6.08 Å². The Morgan fingerprint density at radius 3 is 2.54 bits per heavy atom. The number of methoxy groups -OCH3 is 1. The minimum Gasteiger partial charge on any atom is -0.493 e. The van der Waals surface area contributed by atoms with Gasteiger partial charge < -0.3 is 14.8 Å². The van der Waals surface area contributed by atoms with Gasteiger partial charge in [0.05, 0.1) is 23.6 Å². The first-order valence-electron chi connectivity index (χ1n) is 10.8. The van der Waals surface area contributed by atoms with Crippen LogP contribution in [0.2, 0.25) is 10.0 Å². The zero-order valence-electron chi connectivity index (χ0n) is 19.3. The summed E-state index contributed by atoms with van der Waals surface area (Å²) in [5, 5.41) is 2.48. The van der Waals surface area contributed by atoms with Crippen LogP contribution in [0, 0.1) is 5.82 Å². The number of anilines is 1. The molecule has 190 valence electrons. The number of imide groups is 1. The van der Waals surface area contributed by atoms with Crippen molar-refractivity contribution in [3.05, 3.63) is 92.6 Å². The number of carbonyl (C=O) groups excluding carboxylic acids is 3. The molecule has 11 heteroatoms. The maximum absolute atomic E-state index is 13.3. The molecule has 3 amide bonds. The molecule has 4 rings (SSSR count). The number of rotatable bonds is 8. The minimum absolute atomic E-state index is 0.0942. The van der Waals surface area contributed by atoms with Crippen LogP contribution in [-0.2, 0) is 16.1 Å². The molecule has 3 aromatic rings. The molecule has 3 aromatic carbocycles. The van der Waals surface area contributed by atoms with E-state index in [0.29, 0.717) is 16.8 Å². The second kappa shape index (κ2) is 11.7. The number of thioether (sulfide) groups is 1. The Morgan fingerprint density at radius 1 is 1.08 bits per heavy atom. The fourth-order valence-corrected chi connectivity index (χ4v) is 4.77. The summed E-state index contributed by atoms with van der Waals surface area (Å²) in [6, 6.07) is 15.8. The largest absolute Gasteiger partial charge is 0.493 e. The maximum Gasteiger partial charge on any atom is 0.293 e. The lowest BCUT2D eigenvalue weighted by Gasteiger charge is -2.14. The molecule has 0 aromatic heterocycles. The average molecular weight is 561 g/mol. The molecule has 1 fully saturated rings. The molecule has 37 heavy (non-hydrogen) atoms. The Kier molecular flexibility index (Phi) is 8.38. The van der Waals surface area contributed by atoms with E-state index in [9.17, 15) is 18.8 Å². The summed E-state index contributed by atoms with van der Waals surface area (Å²) in [4.78, 5) is 38.8. The normalized spacial score (nSPS) is 14.3. The second-order valence-corrected chi connectivity index (χ2v) is 9.55. The average Bonchev–Trinajstić information content (AvgIpc) is 3.12. The van der Waals surface area contributed by atoms with Crippen LogP contribution in [0.3, 0.4) is 0 Å². The van der Waals surface area contributed by atoms with Gasteiger partial charge in [0, 0.05) is 10.7 Å². The number of para-hydroxylation sites is 1. The molecule has 0 aliphatic carbocycles. The molecule has 1 aliphatic heterocycles. The molecule has 0 radical (unpaired) electrons. The van der Waals surface area contributed by atoms with Crippen molar-refractivity contribution in [2.75, 3.05) is 19.0 Å². The Balaban J connectivity index is 1.48. The Bertz CT molecular complexity index is 1400. The Labute approximate surface area is 226 Å². The summed E-state index contributed by atoms with van der Waals surface area (Å²) in [6.45, 7) is -0.405. The summed E-state index contributed by atoms with van der Waals surface area (Å²) in [5.74, 6) is -1.03. The van der Waals surface area contributed by atoms with Gasteiger partial charge in [-0.1, -0.05) is 47.5 Å². The topological polar surface area (TPSA) is 84.9 Å². The van der Waals surface area contributed by atoms with Gasteiger partial charge in [0.2, 0.25) is 0 Å².